The third-order valence-corrected chi connectivity index (χ3v) is 13.9. The summed E-state index contributed by atoms with van der Waals surface area (Å²) in [5, 5.41) is 6.05. The molecule has 2 aromatic heterocycles. The largest absolute Gasteiger partial charge is 0.378 e. The van der Waals surface area contributed by atoms with Crippen molar-refractivity contribution >= 4 is 29.4 Å². The van der Waals surface area contributed by atoms with Gasteiger partial charge in [-0.05, 0) is 78.9 Å². The van der Waals surface area contributed by atoms with Gasteiger partial charge in [0.15, 0.2) is 0 Å². The van der Waals surface area contributed by atoms with Gasteiger partial charge in [0.2, 0.25) is 11.8 Å². The van der Waals surface area contributed by atoms with Crippen molar-refractivity contribution in [1.29, 1.82) is 0 Å². The van der Waals surface area contributed by atoms with Gasteiger partial charge in [-0.1, -0.05) is 65.0 Å². The zero-order chi connectivity index (χ0) is 44.3. The van der Waals surface area contributed by atoms with E-state index in [9.17, 15) is 19.2 Å². The molecule has 0 spiro atoms. The molecule has 16 heteroatoms. The molecule has 16 nitrogen and oxygen atoms in total. The Bertz CT molecular complexity index is 2120. The first-order chi connectivity index (χ1) is 30.4. The lowest BCUT2D eigenvalue weighted by molar-refractivity contribution is -0.136. The van der Waals surface area contributed by atoms with Crippen molar-refractivity contribution in [3.63, 3.8) is 0 Å². The van der Waals surface area contributed by atoms with E-state index in [1.807, 2.05) is 49.9 Å². The number of hydrogen-bond donors (Lipinski definition) is 4. The van der Waals surface area contributed by atoms with Crippen LogP contribution in [0.25, 0.3) is 16.8 Å². The van der Waals surface area contributed by atoms with E-state index >= 15 is 0 Å². The Morgan fingerprint density at radius 3 is 1.63 bits per heavy atom. The van der Waals surface area contributed by atoms with Crippen molar-refractivity contribution in [1.82, 2.24) is 50.2 Å². The van der Waals surface area contributed by atoms with E-state index in [0.29, 0.717) is 65.7 Å². The standard InChI is InChI=1S/C47H66N10O6/c1-30(2)39(52-45(60)54-20-24-62-25-21-54)43(58)56-18-6-8-37(56)41-48-28-35(50-41)32-10-12-34(13-11-32)47(5)16-14-33(15-17-47)36-29-49-42(51-36)38-9-7-19-57(38)44(59)40(31(3)4)53-46(61)55-22-26-63-27-23-55/h10-14,28-31,37-40H,6-9,15-27H2,1-5H3,(H,48,50)(H,49,51)(H,52,60)(H,53,61)/t37-,38-,39-,40-,47?/m0/s1. The van der Waals surface area contributed by atoms with Crippen LogP contribution >= 0.6 is 0 Å². The van der Waals surface area contributed by atoms with Crippen LogP contribution in [0.3, 0.4) is 0 Å². The maximum Gasteiger partial charge on any atom is 0.318 e. The highest BCUT2D eigenvalue weighted by Gasteiger charge is 2.40. The van der Waals surface area contributed by atoms with Crippen LogP contribution in [0.15, 0.2) is 42.7 Å². The molecule has 0 bridgehead atoms. The van der Waals surface area contributed by atoms with Gasteiger partial charge in [-0.3, -0.25) is 9.59 Å². The van der Waals surface area contributed by atoms with Gasteiger partial charge in [0.05, 0.1) is 62.3 Å². The summed E-state index contributed by atoms with van der Waals surface area (Å²) in [6.07, 6.45) is 12.2. The molecule has 1 unspecified atom stereocenters. The predicted octanol–water partition coefficient (Wildman–Crippen LogP) is 5.78. The van der Waals surface area contributed by atoms with E-state index in [1.165, 1.54) is 11.1 Å². The summed E-state index contributed by atoms with van der Waals surface area (Å²) in [7, 11) is 0. The molecule has 6 heterocycles. The van der Waals surface area contributed by atoms with Gasteiger partial charge in [0.1, 0.15) is 23.7 Å². The fourth-order valence-electron chi connectivity index (χ4n) is 9.84. The van der Waals surface area contributed by atoms with Crippen LogP contribution in [0, 0.1) is 11.8 Å². The molecule has 6 amide bonds. The van der Waals surface area contributed by atoms with Crippen molar-refractivity contribution in [2.24, 2.45) is 11.8 Å². The molecular weight excluding hydrogens is 801 g/mol. The Kier molecular flexibility index (Phi) is 13.6. The Morgan fingerprint density at radius 2 is 1.17 bits per heavy atom. The summed E-state index contributed by atoms with van der Waals surface area (Å²) in [5.41, 5.74) is 5.41. The lowest BCUT2D eigenvalue weighted by Gasteiger charge is -2.33. The fraction of sp³-hybridized carbons (Fsp3) is 0.617. The summed E-state index contributed by atoms with van der Waals surface area (Å²) in [5.74, 6) is 1.29. The van der Waals surface area contributed by atoms with Crippen LogP contribution in [0.1, 0.15) is 115 Å². The Labute approximate surface area is 370 Å². The number of allylic oxidation sites excluding steroid dienone is 2. The molecule has 4 saturated heterocycles. The molecule has 3 aromatic rings. The normalized spacial score (nSPS) is 24.1. The second-order valence-corrected chi connectivity index (χ2v) is 18.9. The molecule has 4 aliphatic heterocycles. The van der Waals surface area contributed by atoms with E-state index in [1.54, 1.807) is 9.80 Å². The van der Waals surface area contributed by atoms with Crippen molar-refractivity contribution in [3.05, 3.63) is 65.6 Å². The minimum absolute atomic E-state index is 0.0366. The Balaban J connectivity index is 0.881. The molecule has 4 N–H and O–H groups in total. The summed E-state index contributed by atoms with van der Waals surface area (Å²) >= 11 is 0. The minimum Gasteiger partial charge on any atom is -0.378 e. The first-order valence-electron chi connectivity index (χ1n) is 23.2. The Morgan fingerprint density at radius 1 is 0.698 bits per heavy atom. The summed E-state index contributed by atoms with van der Waals surface area (Å²) < 4.78 is 10.8. The molecule has 1 aliphatic carbocycles. The SMILES string of the molecule is CC(C)[C@H](NC(=O)N1CCOCC1)C(=O)N1CCC[C@H]1c1ncc(C2=CCC(C)(c3ccc(-c4cnc([C@@H]5CCCN5C(=O)[C@@H](NC(=O)N5CCOCC5)C(C)C)[nH]4)cc3)CC2)[nH]1. The second kappa shape index (κ2) is 19.3. The van der Waals surface area contributed by atoms with Crippen molar-refractivity contribution < 1.29 is 28.7 Å². The molecular formula is C47H66N10O6. The lowest BCUT2D eigenvalue weighted by Crippen LogP contribution is -2.55. The average Bonchev–Trinajstić information content (AvgIpc) is 4.15. The number of carbonyl (C=O) groups excluding carboxylic acids is 4. The van der Waals surface area contributed by atoms with E-state index in [0.717, 1.165) is 73.5 Å². The number of morpholine rings is 2. The van der Waals surface area contributed by atoms with Crippen molar-refractivity contribution in [2.75, 3.05) is 65.7 Å². The van der Waals surface area contributed by atoms with Crippen LogP contribution in [0.5, 0.6) is 0 Å². The molecule has 1 aromatic carbocycles. The molecule has 0 saturated carbocycles. The van der Waals surface area contributed by atoms with Crippen LogP contribution in [0.4, 0.5) is 9.59 Å². The van der Waals surface area contributed by atoms with E-state index in [2.05, 4.69) is 57.9 Å². The number of rotatable bonds is 11. The van der Waals surface area contributed by atoms with Gasteiger partial charge in [-0.2, -0.15) is 0 Å². The van der Waals surface area contributed by atoms with Crippen LogP contribution in [-0.2, 0) is 24.5 Å². The number of aromatic nitrogens is 4. The molecule has 8 rings (SSSR count). The zero-order valence-electron chi connectivity index (χ0n) is 37.7. The van der Waals surface area contributed by atoms with Gasteiger partial charge in [0.25, 0.3) is 0 Å². The number of likely N-dealkylation sites (tertiary alicyclic amines) is 2. The molecule has 340 valence electrons. The third-order valence-electron chi connectivity index (χ3n) is 13.9. The summed E-state index contributed by atoms with van der Waals surface area (Å²) in [6, 6.07) is 6.72. The minimum atomic E-state index is -0.626. The first-order valence-corrected chi connectivity index (χ1v) is 23.2. The zero-order valence-corrected chi connectivity index (χ0v) is 37.7. The second-order valence-electron chi connectivity index (χ2n) is 18.9. The maximum atomic E-state index is 14.0. The van der Waals surface area contributed by atoms with Crippen molar-refractivity contribution in [2.45, 2.75) is 109 Å². The average molecular weight is 867 g/mol. The predicted molar refractivity (Wildman–Crippen MR) is 238 cm³/mol. The fourth-order valence-corrected chi connectivity index (χ4v) is 9.84. The van der Waals surface area contributed by atoms with E-state index in [-0.39, 0.29) is 53.2 Å². The topological polar surface area (TPSA) is 181 Å². The number of ether oxygens (including phenoxy) is 2. The number of amides is 6. The van der Waals surface area contributed by atoms with Crippen LogP contribution in [0.2, 0.25) is 0 Å². The molecule has 5 atom stereocenters. The summed E-state index contributed by atoms with van der Waals surface area (Å²) in [6.45, 7) is 15.6. The number of imidazole rings is 2. The monoisotopic (exact) mass is 867 g/mol. The maximum absolute atomic E-state index is 14.0. The van der Waals surface area contributed by atoms with E-state index < -0.39 is 12.1 Å². The highest BCUT2D eigenvalue weighted by Crippen LogP contribution is 2.42. The van der Waals surface area contributed by atoms with Gasteiger partial charge in [0, 0.05) is 39.3 Å². The number of urea groups is 2. The summed E-state index contributed by atoms with van der Waals surface area (Å²) in [4.78, 5) is 78.0. The van der Waals surface area contributed by atoms with Crippen LogP contribution in [-0.4, -0.2) is 141 Å². The van der Waals surface area contributed by atoms with Gasteiger partial charge in [-0.15, -0.1) is 0 Å². The lowest BCUT2D eigenvalue weighted by atomic mass is 9.71. The third kappa shape index (κ3) is 9.66. The number of benzene rings is 1. The smallest absolute Gasteiger partial charge is 0.318 e. The number of nitrogens with one attached hydrogen (secondary N) is 4. The van der Waals surface area contributed by atoms with Crippen molar-refractivity contribution in [3.8, 4) is 11.3 Å². The highest BCUT2D eigenvalue weighted by molar-refractivity contribution is 5.88. The molecule has 0 radical (unpaired) electrons. The van der Waals surface area contributed by atoms with Gasteiger partial charge in [-0.25, -0.2) is 19.6 Å². The Hall–Kier alpha value is -5.22. The number of carbonyl (C=O) groups is 4. The molecule has 5 aliphatic rings. The quantitative estimate of drug-likeness (QED) is 0.187. The highest BCUT2D eigenvalue weighted by atomic mass is 16.5. The number of H-pyrrole nitrogens is 2. The van der Waals surface area contributed by atoms with E-state index in [4.69, 9.17) is 19.4 Å². The number of aromatic amines is 2. The van der Waals surface area contributed by atoms with Gasteiger partial charge < -0.3 is 49.7 Å². The number of hydrogen-bond acceptors (Lipinski definition) is 8. The van der Waals surface area contributed by atoms with Crippen LogP contribution < -0.4 is 10.6 Å². The molecule has 4 fully saturated rings. The molecule has 63 heavy (non-hydrogen) atoms. The van der Waals surface area contributed by atoms with Gasteiger partial charge >= 0.3 is 12.1 Å². The number of nitrogens with zero attached hydrogens (tertiary/aromatic N) is 6. The first kappa shape index (κ1) is 44.4.